The molecule has 1 heterocycles. The Labute approximate surface area is 136 Å². The lowest BCUT2D eigenvalue weighted by atomic mass is 10.2. The molecule has 0 spiro atoms. The molecule has 0 aliphatic heterocycles. The molecule has 0 amide bonds. The molecule has 3 nitrogen and oxygen atoms in total. The van der Waals surface area contributed by atoms with Gasteiger partial charge in [0, 0.05) is 6.07 Å². The zero-order valence-electron chi connectivity index (χ0n) is 10.5. The highest BCUT2D eigenvalue weighted by molar-refractivity contribution is 6.43. The fourth-order valence-electron chi connectivity index (χ4n) is 1.61. The number of rotatable bonds is 4. The summed E-state index contributed by atoms with van der Waals surface area (Å²) >= 11 is 24.0. The summed E-state index contributed by atoms with van der Waals surface area (Å²) in [5, 5.41) is 1.42. The van der Waals surface area contributed by atoms with Gasteiger partial charge in [0.05, 0.1) is 20.6 Å². The molecule has 0 saturated heterocycles. The average molecular weight is 352 g/mol. The van der Waals surface area contributed by atoms with Crippen molar-refractivity contribution in [3.05, 3.63) is 44.2 Å². The van der Waals surface area contributed by atoms with Gasteiger partial charge in [0.1, 0.15) is 17.2 Å². The van der Waals surface area contributed by atoms with Crippen molar-refractivity contribution in [1.82, 2.24) is 9.97 Å². The van der Waals surface area contributed by atoms with Crippen molar-refractivity contribution < 1.29 is 4.74 Å². The first kappa shape index (κ1) is 15.6. The van der Waals surface area contributed by atoms with Gasteiger partial charge in [-0.15, -0.1) is 0 Å². The number of aromatic nitrogens is 2. The first-order valence-electron chi connectivity index (χ1n) is 5.84. The molecule has 20 heavy (non-hydrogen) atoms. The van der Waals surface area contributed by atoms with E-state index in [2.05, 4.69) is 9.97 Å². The molecular weight excluding hydrogens is 342 g/mol. The molecule has 106 valence electrons. The lowest BCUT2D eigenvalue weighted by molar-refractivity contribution is 0.454. The highest BCUT2D eigenvalue weighted by Gasteiger charge is 2.14. The van der Waals surface area contributed by atoms with E-state index in [9.17, 15) is 0 Å². The predicted molar refractivity (Wildman–Crippen MR) is 82.6 cm³/mol. The van der Waals surface area contributed by atoms with E-state index in [1.54, 1.807) is 0 Å². The Balaban J connectivity index is 2.40. The summed E-state index contributed by atoms with van der Waals surface area (Å²) in [4.78, 5) is 8.04. The number of nitrogens with zero attached hydrogens (tertiary/aromatic N) is 2. The smallest absolute Gasteiger partial charge is 0.227 e. The minimum atomic E-state index is 0.344. The van der Waals surface area contributed by atoms with E-state index in [-0.39, 0.29) is 0 Å². The second-order valence-electron chi connectivity index (χ2n) is 4.00. The Morgan fingerprint density at radius 1 is 1.00 bits per heavy atom. The lowest BCUT2D eigenvalue weighted by Gasteiger charge is -2.12. The van der Waals surface area contributed by atoms with E-state index in [4.69, 9.17) is 51.1 Å². The largest absolute Gasteiger partial charge is 0.437 e. The zero-order chi connectivity index (χ0) is 14.7. The third-order valence-electron chi connectivity index (χ3n) is 2.53. The van der Waals surface area contributed by atoms with Crippen LogP contribution in [0.1, 0.15) is 18.9 Å². The van der Waals surface area contributed by atoms with Crippen LogP contribution >= 0.6 is 46.4 Å². The van der Waals surface area contributed by atoms with Crippen molar-refractivity contribution in [2.75, 3.05) is 0 Å². The molecule has 0 N–H and O–H groups in total. The number of ether oxygens (including phenoxy) is 1. The summed E-state index contributed by atoms with van der Waals surface area (Å²) in [6.07, 6.45) is 2.93. The van der Waals surface area contributed by atoms with Crippen molar-refractivity contribution in [2.24, 2.45) is 0 Å². The van der Waals surface area contributed by atoms with Crippen LogP contribution in [0.4, 0.5) is 0 Å². The van der Waals surface area contributed by atoms with Gasteiger partial charge >= 0.3 is 0 Å². The maximum Gasteiger partial charge on any atom is 0.227 e. The molecule has 0 aliphatic carbocycles. The molecular formula is C13H10Cl4N2O. The Morgan fingerprint density at radius 3 is 2.40 bits per heavy atom. The van der Waals surface area contributed by atoms with Crippen molar-refractivity contribution in [1.29, 1.82) is 0 Å². The summed E-state index contributed by atoms with van der Waals surface area (Å²) < 4.78 is 5.70. The maximum absolute atomic E-state index is 6.08. The van der Waals surface area contributed by atoms with Crippen LogP contribution in [0.2, 0.25) is 20.2 Å². The Hall–Kier alpha value is -0.740. The molecule has 2 rings (SSSR count). The molecule has 0 fully saturated rings. The van der Waals surface area contributed by atoms with Gasteiger partial charge < -0.3 is 4.74 Å². The van der Waals surface area contributed by atoms with Gasteiger partial charge in [-0.2, -0.15) is 0 Å². The fourth-order valence-corrected chi connectivity index (χ4v) is 2.41. The average Bonchev–Trinajstić information content (AvgIpc) is 2.40. The van der Waals surface area contributed by atoms with Gasteiger partial charge in [-0.05, 0) is 12.5 Å². The van der Waals surface area contributed by atoms with Crippen LogP contribution in [0.15, 0.2) is 18.5 Å². The third kappa shape index (κ3) is 3.47. The molecule has 2 aromatic rings. The van der Waals surface area contributed by atoms with Crippen LogP contribution in [-0.2, 0) is 6.42 Å². The SMILES string of the molecule is CCCc1c(Cl)ncnc1Oc1cc(Cl)c(Cl)cc1Cl. The third-order valence-corrected chi connectivity index (χ3v) is 3.88. The number of benzene rings is 1. The van der Waals surface area contributed by atoms with Gasteiger partial charge in [0.25, 0.3) is 0 Å². The Bertz CT molecular complexity index is 634. The van der Waals surface area contributed by atoms with Crippen molar-refractivity contribution >= 4 is 46.4 Å². The minimum Gasteiger partial charge on any atom is -0.437 e. The fraction of sp³-hybridized carbons (Fsp3) is 0.231. The van der Waals surface area contributed by atoms with E-state index in [1.165, 1.54) is 18.5 Å². The van der Waals surface area contributed by atoms with E-state index < -0.39 is 0 Å². The highest BCUT2D eigenvalue weighted by atomic mass is 35.5. The van der Waals surface area contributed by atoms with E-state index in [0.717, 1.165) is 12.0 Å². The molecule has 0 unspecified atom stereocenters. The van der Waals surface area contributed by atoms with Crippen LogP contribution in [0.25, 0.3) is 0 Å². The molecule has 0 radical (unpaired) electrons. The molecule has 1 aromatic heterocycles. The van der Waals surface area contributed by atoms with Gasteiger partial charge in [-0.3, -0.25) is 0 Å². The predicted octanol–water partition coefficient (Wildman–Crippen LogP) is 5.84. The van der Waals surface area contributed by atoms with Crippen molar-refractivity contribution in [3.8, 4) is 11.6 Å². The topological polar surface area (TPSA) is 35.0 Å². The monoisotopic (exact) mass is 350 g/mol. The summed E-state index contributed by atoms with van der Waals surface area (Å²) in [5.74, 6) is 0.736. The van der Waals surface area contributed by atoms with Gasteiger partial charge in [0.2, 0.25) is 5.88 Å². The summed E-state index contributed by atoms with van der Waals surface area (Å²) in [7, 11) is 0. The molecule has 1 aromatic carbocycles. The molecule has 0 aliphatic rings. The van der Waals surface area contributed by atoms with E-state index in [1.807, 2.05) is 6.92 Å². The number of halogens is 4. The van der Waals surface area contributed by atoms with E-state index in [0.29, 0.717) is 38.3 Å². The minimum absolute atomic E-state index is 0.344. The standard InChI is InChI=1S/C13H10Cl4N2O/c1-2-3-7-12(17)18-6-19-13(7)20-11-5-9(15)8(14)4-10(11)16/h4-6H,2-3H2,1H3. The highest BCUT2D eigenvalue weighted by Crippen LogP contribution is 2.37. The lowest BCUT2D eigenvalue weighted by Crippen LogP contribution is -1.98. The van der Waals surface area contributed by atoms with Gasteiger partial charge in [0.15, 0.2) is 0 Å². The first-order valence-corrected chi connectivity index (χ1v) is 7.36. The summed E-state index contributed by atoms with van der Waals surface area (Å²) in [5.41, 5.74) is 0.735. The Kier molecular flexibility index (Phi) is 5.33. The van der Waals surface area contributed by atoms with Crippen LogP contribution in [0.3, 0.4) is 0 Å². The maximum atomic E-state index is 6.08. The molecule has 0 saturated carbocycles. The van der Waals surface area contributed by atoms with Crippen LogP contribution in [0.5, 0.6) is 11.6 Å². The van der Waals surface area contributed by atoms with Crippen molar-refractivity contribution in [3.63, 3.8) is 0 Å². The van der Waals surface area contributed by atoms with Crippen LogP contribution in [-0.4, -0.2) is 9.97 Å². The molecule has 0 bridgehead atoms. The first-order chi connectivity index (χ1) is 9.52. The molecule has 0 atom stereocenters. The van der Waals surface area contributed by atoms with E-state index >= 15 is 0 Å². The number of hydrogen-bond acceptors (Lipinski definition) is 3. The zero-order valence-corrected chi connectivity index (χ0v) is 13.5. The Morgan fingerprint density at radius 2 is 1.70 bits per heavy atom. The second kappa shape index (κ2) is 6.81. The van der Waals surface area contributed by atoms with Gasteiger partial charge in [-0.1, -0.05) is 59.7 Å². The van der Waals surface area contributed by atoms with Crippen LogP contribution < -0.4 is 4.74 Å². The van der Waals surface area contributed by atoms with Crippen molar-refractivity contribution in [2.45, 2.75) is 19.8 Å². The quantitative estimate of drug-likeness (QED) is 0.513. The second-order valence-corrected chi connectivity index (χ2v) is 5.58. The normalized spacial score (nSPS) is 10.7. The van der Waals surface area contributed by atoms with Gasteiger partial charge in [-0.25, -0.2) is 9.97 Å². The number of hydrogen-bond donors (Lipinski definition) is 0. The summed E-state index contributed by atoms with van der Waals surface area (Å²) in [6.45, 7) is 2.03. The molecule has 7 heteroatoms. The summed E-state index contributed by atoms with van der Waals surface area (Å²) in [6, 6.07) is 3.06. The van der Waals surface area contributed by atoms with Crippen LogP contribution in [0, 0.1) is 0 Å².